The van der Waals surface area contributed by atoms with Gasteiger partial charge in [0.05, 0.1) is 11.4 Å². The predicted octanol–water partition coefficient (Wildman–Crippen LogP) is 5.20. The zero-order valence-corrected chi connectivity index (χ0v) is 18.6. The number of amides is 2. The summed E-state index contributed by atoms with van der Waals surface area (Å²) in [5, 5.41) is 1.69. The van der Waals surface area contributed by atoms with E-state index in [0.29, 0.717) is 11.3 Å². The Balaban J connectivity index is 1.61. The Bertz CT molecular complexity index is 1380. The summed E-state index contributed by atoms with van der Waals surface area (Å²) in [6.07, 6.45) is -1.10. The Morgan fingerprint density at radius 1 is 0.686 bits per heavy atom. The van der Waals surface area contributed by atoms with Crippen LogP contribution in [-0.4, -0.2) is 17.9 Å². The summed E-state index contributed by atoms with van der Waals surface area (Å²) in [7, 11) is 0. The van der Waals surface area contributed by atoms with Gasteiger partial charge in [0, 0.05) is 0 Å². The highest BCUT2D eigenvalue weighted by Crippen LogP contribution is 2.57. The minimum Gasteiger partial charge on any atom is -0.273 e. The number of hydrogen-bond donors (Lipinski definition) is 0. The van der Waals surface area contributed by atoms with Gasteiger partial charge in [-0.1, -0.05) is 78.9 Å². The predicted molar refractivity (Wildman–Crippen MR) is 130 cm³/mol. The van der Waals surface area contributed by atoms with Crippen LogP contribution < -0.4 is 9.96 Å². The van der Waals surface area contributed by atoms with Crippen molar-refractivity contribution in [3.63, 3.8) is 0 Å². The Kier molecular flexibility index (Phi) is 4.97. The molecule has 6 heteroatoms. The number of rotatable bonds is 4. The molecule has 2 fully saturated rings. The molecule has 0 aromatic heterocycles. The number of fused-ring (bicyclic) bond motifs is 1. The third-order valence-corrected chi connectivity index (χ3v) is 6.76. The molecule has 0 spiro atoms. The van der Waals surface area contributed by atoms with Crippen LogP contribution in [0, 0.1) is 5.82 Å². The number of imide groups is 1. The molecule has 2 aliphatic rings. The summed E-state index contributed by atoms with van der Waals surface area (Å²) in [6.45, 7) is 0. The Morgan fingerprint density at radius 2 is 1.26 bits per heavy atom. The van der Waals surface area contributed by atoms with E-state index in [2.05, 4.69) is 0 Å². The summed E-state index contributed by atoms with van der Waals surface area (Å²) in [4.78, 5) is 35.9. The van der Waals surface area contributed by atoms with Crippen molar-refractivity contribution in [2.45, 2.75) is 17.6 Å². The van der Waals surface area contributed by atoms with Gasteiger partial charge >= 0.3 is 0 Å². The number of benzene rings is 4. The smallest absolute Gasteiger partial charge is 0.267 e. The van der Waals surface area contributed by atoms with Gasteiger partial charge in [0.2, 0.25) is 5.91 Å². The van der Waals surface area contributed by atoms with Crippen LogP contribution in [0.3, 0.4) is 0 Å². The van der Waals surface area contributed by atoms with Gasteiger partial charge in [-0.25, -0.2) is 14.4 Å². The van der Waals surface area contributed by atoms with E-state index < -0.39 is 35.2 Å². The van der Waals surface area contributed by atoms with E-state index in [1.54, 1.807) is 5.06 Å². The molecule has 0 saturated carbocycles. The van der Waals surface area contributed by atoms with E-state index in [1.807, 2.05) is 91.0 Å². The highest BCUT2D eigenvalue weighted by atomic mass is 19.1. The van der Waals surface area contributed by atoms with Gasteiger partial charge in [-0.05, 0) is 47.5 Å². The maximum Gasteiger partial charge on any atom is 0.267 e. The maximum atomic E-state index is 14.5. The van der Waals surface area contributed by atoms with Crippen molar-refractivity contribution >= 4 is 23.2 Å². The molecular formula is C29H21FN2O3. The Labute approximate surface area is 201 Å². The monoisotopic (exact) mass is 464 g/mol. The average Bonchev–Trinajstić information content (AvgIpc) is 3.38. The lowest BCUT2D eigenvalue weighted by molar-refractivity contribution is -0.126. The summed E-state index contributed by atoms with van der Waals surface area (Å²) >= 11 is 0. The molecule has 172 valence electrons. The molecule has 2 heterocycles. The van der Waals surface area contributed by atoms with Crippen molar-refractivity contribution < 1.29 is 18.8 Å². The summed E-state index contributed by atoms with van der Waals surface area (Å²) in [5.41, 5.74) is 1.21. The van der Waals surface area contributed by atoms with E-state index in [4.69, 9.17) is 4.84 Å². The van der Waals surface area contributed by atoms with E-state index in [9.17, 15) is 14.0 Å². The highest BCUT2D eigenvalue weighted by molar-refractivity contribution is 6.28. The second kappa shape index (κ2) is 8.18. The third-order valence-electron chi connectivity index (χ3n) is 6.76. The number of carbonyl (C=O) groups excluding carboxylic acids is 2. The molecule has 6 rings (SSSR count). The molecule has 2 aliphatic heterocycles. The molecule has 5 nitrogen and oxygen atoms in total. The summed E-state index contributed by atoms with van der Waals surface area (Å²) in [5.74, 6) is -1.33. The fourth-order valence-corrected chi connectivity index (χ4v) is 5.26. The topological polar surface area (TPSA) is 49.9 Å². The molecule has 0 aliphatic carbocycles. The molecule has 4 aromatic carbocycles. The van der Waals surface area contributed by atoms with Crippen LogP contribution >= 0.6 is 0 Å². The van der Waals surface area contributed by atoms with Gasteiger partial charge in [0.1, 0.15) is 17.3 Å². The van der Waals surface area contributed by atoms with Crippen molar-refractivity contribution in [1.29, 1.82) is 0 Å². The first-order valence-electron chi connectivity index (χ1n) is 11.4. The molecule has 2 saturated heterocycles. The van der Waals surface area contributed by atoms with Gasteiger partial charge in [-0.15, -0.1) is 0 Å². The number of nitrogens with zero attached hydrogens (tertiary/aromatic N) is 2. The molecule has 0 bridgehead atoms. The number of hydrogen-bond acceptors (Lipinski definition) is 4. The summed E-state index contributed by atoms with van der Waals surface area (Å²) < 4.78 is 13.6. The van der Waals surface area contributed by atoms with Gasteiger partial charge < -0.3 is 0 Å². The van der Waals surface area contributed by atoms with Crippen molar-refractivity contribution in [2.75, 3.05) is 9.96 Å². The lowest BCUT2D eigenvalue weighted by Gasteiger charge is -2.35. The quantitative estimate of drug-likeness (QED) is 0.390. The molecule has 2 amide bonds. The fourth-order valence-electron chi connectivity index (χ4n) is 5.26. The second-order valence-electron chi connectivity index (χ2n) is 8.65. The third kappa shape index (κ3) is 3.11. The largest absolute Gasteiger partial charge is 0.273 e. The van der Waals surface area contributed by atoms with E-state index >= 15 is 0 Å². The van der Waals surface area contributed by atoms with Crippen molar-refractivity contribution in [3.05, 3.63) is 132 Å². The standard InChI is InChI=1S/C29H21FN2O3/c30-22-16-18-23(19-17-22)31-27(33)26-29(28(31)34,21-12-6-2-7-13-21)25(20-10-4-1-5-11-20)32(35-26)24-14-8-3-9-15-24/h1-19,25-26H/t25-,26-,29-/m0/s1. The molecule has 0 N–H and O–H groups in total. The molecule has 0 unspecified atom stereocenters. The van der Waals surface area contributed by atoms with Gasteiger partial charge in [0.15, 0.2) is 6.10 Å². The normalized spacial score (nSPS) is 23.6. The number of carbonyl (C=O) groups is 2. The van der Waals surface area contributed by atoms with Crippen LogP contribution in [-0.2, 0) is 19.8 Å². The Morgan fingerprint density at radius 3 is 1.89 bits per heavy atom. The van der Waals surface area contributed by atoms with E-state index in [-0.39, 0.29) is 0 Å². The van der Waals surface area contributed by atoms with Crippen molar-refractivity contribution in [1.82, 2.24) is 0 Å². The highest BCUT2D eigenvalue weighted by Gasteiger charge is 2.72. The number of para-hydroxylation sites is 1. The van der Waals surface area contributed by atoms with Crippen LogP contribution in [0.15, 0.2) is 115 Å². The molecular weight excluding hydrogens is 443 g/mol. The number of hydroxylamine groups is 1. The van der Waals surface area contributed by atoms with Crippen LogP contribution in [0.4, 0.5) is 15.8 Å². The van der Waals surface area contributed by atoms with Crippen LogP contribution in [0.2, 0.25) is 0 Å². The fraction of sp³-hybridized carbons (Fsp3) is 0.103. The molecule has 35 heavy (non-hydrogen) atoms. The summed E-state index contributed by atoms with van der Waals surface area (Å²) in [6, 6.07) is 33.1. The van der Waals surface area contributed by atoms with E-state index in [0.717, 1.165) is 16.2 Å². The van der Waals surface area contributed by atoms with Crippen molar-refractivity contribution in [2.24, 2.45) is 0 Å². The lowest BCUT2D eigenvalue weighted by atomic mass is 9.69. The lowest BCUT2D eigenvalue weighted by Crippen LogP contribution is -2.46. The minimum absolute atomic E-state index is 0.313. The maximum absolute atomic E-state index is 14.5. The van der Waals surface area contributed by atoms with Crippen LogP contribution in [0.5, 0.6) is 0 Å². The average molecular weight is 464 g/mol. The van der Waals surface area contributed by atoms with Gasteiger partial charge in [0.25, 0.3) is 5.91 Å². The first-order valence-corrected chi connectivity index (χ1v) is 11.4. The Hall–Kier alpha value is -4.29. The molecule has 3 atom stereocenters. The molecule has 4 aromatic rings. The van der Waals surface area contributed by atoms with Crippen LogP contribution in [0.25, 0.3) is 0 Å². The zero-order chi connectivity index (χ0) is 24.0. The second-order valence-corrected chi connectivity index (χ2v) is 8.65. The number of halogens is 1. The minimum atomic E-state index is -1.36. The van der Waals surface area contributed by atoms with Gasteiger partial charge in [-0.3, -0.25) is 14.4 Å². The first kappa shape index (κ1) is 21.3. The first-order chi connectivity index (χ1) is 17.1. The number of anilines is 2. The van der Waals surface area contributed by atoms with Crippen LogP contribution in [0.1, 0.15) is 17.2 Å². The van der Waals surface area contributed by atoms with E-state index in [1.165, 1.54) is 24.3 Å². The SMILES string of the molecule is O=C1[C@@H]2ON(c3ccccc3)[C@@H](c3ccccc3)[C@]2(c2ccccc2)C(=O)N1c1ccc(F)cc1. The zero-order valence-electron chi connectivity index (χ0n) is 18.6. The van der Waals surface area contributed by atoms with Crippen molar-refractivity contribution in [3.8, 4) is 0 Å². The van der Waals surface area contributed by atoms with Gasteiger partial charge in [-0.2, -0.15) is 0 Å². The molecule has 0 radical (unpaired) electrons.